The molecule has 0 bridgehead atoms. The molecule has 1 aliphatic heterocycles. The summed E-state index contributed by atoms with van der Waals surface area (Å²) in [5, 5.41) is 0. The Hall–Kier alpha value is -1.42. The van der Waals surface area contributed by atoms with Gasteiger partial charge in [0, 0.05) is 18.5 Å². The van der Waals surface area contributed by atoms with Crippen LogP contribution in [-0.2, 0) is 11.2 Å². The largest absolute Gasteiger partial charge is 0.393 e. The standard InChI is InChI=1S/C17H24N2OS/c1-12-4-5-13(2)14(10-12)11-15(20)19-8-6-17(3,7-9-19)16(18)21/h4-5,10H,6-9,11H2,1-3H3,(H2,18,21). The van der Waals surface area contributed by atoms with Gasteiger partial charge in [-0.3, -0.25) is 4.79 Å². The molecule has 1 fully saturated rings. The van der Waals surface area contributed by atoms with Crippen molar-refractivity contribution in [2.24, 2.45) is 11.1 Å². The zero-order chi connectivity index (χ0) is 15.6. The molecule has 0 spiro atoms. The minimum absolute atomic E-state index is 0.0919. The predicted octanol–water partition coefficient (Wildman–Crippen LogP) is 2.76. The van der Waals surface area contributed by atoms with Gasteiger partial charge in [0.15, 0.2) is 0 Å². The van der Waals surface area contributed by atoms with Gasteiger partial charge in [0.2, 0.25) is 5.91 Å². The summed E-state index contributed by atoms with van der Waals surface area (Å²) in [6, 6.07) is 6.27. The second-order valence-electron chi connectivity index (χ2n) is 6.41. The van der Waals surface area contributed by atoms with Crippen molar-refractivity contribution in [2.75, 3.05) is 13.1 Å². The molecule has 21 heavy (non-hydrogen) atoms. The number of thiocarbonyl (C=S) groups is 1. The summed E-state index contributed by atoms with van der Waals surface area (Å²) in [6.07, 6.45) is 2.21. The van der Waals surface area contributed by atoms with Crippen LogP contribution in [-0.4, -0.2) is 28.9 Å². The van der Waals surface area contributed by atoms with Crippen molar-refractivity contribution >= 4 is 23.1 Å². The van der Waals surface area contributed by atoms with Crippen LogP contribution >= 0.6 is 12.2 Å². The van der Waals surface area contributed by atoms with Gasteiger partial charge in [-0.2, -0.15) is 0 Å². The van der Waals surface area contributed by atoms with E-state index in [-0.39, 0.29) is 11.3 Å². The van der Waals surface area contributed by atoms with Crippen LogP contribution in [0.3, 0.4) is 0 Å². The van der Waals surface area contributed by atoms with Crippen LogP contribution in [0.2, 0.25) is 0 Å². The summed E-state index contributed by atoms with van der Waals surface area (Å²) in [5.41, 5.74) is 9.22. The van der Waals surface area contributed by atoms with Gasteiger partial charge in [-0.25, -0.2) is 0 Å². The molecule has 0 saturated carbocycles. The van der Waals surface area contributed by atoms with E-state index in [0.29, 0.717) is 11.4 Å². The Bertz CT molecular complexity index is 560. The smallest absolute Gasteiger partial charge is 0.227 e. The molecule has 1 aromatic carbocycles. The maximum atomic E-state index is 12.5. The summed E-state index contributed by atoms with van der Waals surface area (Å²) < 4.78 is 0. The number of carbonyl (C=O) groups excluding carboxylic acids is 1. The minimum Gasteiger partial charge on any atom is -0.393 e. The Balaban J connectivity index is 2.00. The molecule has 1 aliphatic rings. The van der Waals surface area contributed by atoms with Gasteiger partial charge in [0.1, 0.15) is 0 Å². The van der Waals surface area contributed by atoms with Crippen molar-refractivity contribution in [2.45, 2.75) is 40.0 Å². The highest BCUT2D eigenvalue weighted by Gasteiger charge is 2.34. The minimum atomic E-state index is -0.0919. The Morgan fingerprint density at radius 2 is 1.95 bits per heavy atom. The van der Waals surface area contributed by atoms with Crippen LogP contribution in [0.1, 0.15) is 36.5 Å². The van der Waals surface area contributed by atoms with Crippen molar-refractivity contribution < 1.29 is 4.79 Å². The van der Waals surface area contributed by atoms with Gasteiger partial charge in [-0.15, -0.1) is 0 Å². The lowest BCUT2D eigenvalue weighted by molar-refractivity contribution is -0.132. The number of aryl methyl sites for hydroxylation is 2. The van der Waals surface area contributed by atoms with Gasteiger partial charge in [-0.1, -0.05) is 42.9 Å². The van der Waals surface area contributed by atoms with Crippen molar-refractivity contribution in [3.05, 3.63) is 34.9 Å². The average Bonchev–Trinajstić information content (AvgIpc) is 2.43. The van der Waals surface area contributed by atoms with Crippen LogP contribution < -0.4 is 5.73 Å². The van der Waals surface area contributed by atoms with Gasteiger partial charge in [0.05, 0.1) is 11.4 Å². The first-order valence-corrected chi connectivity index (χ1v) is 7.86. The second kappa shape index (κ2) is 6.14. The molecule has 2 rings (SSSR count). The van der Waals surface area contributed by atoms with E-state index in [1.54, 1.807) is 0 Å². The third-order valence-electron chi connectivity index (χ3n) is 4.66. The summed E-state index contributed by atoms with van der Waals surface area (Å²) in [4.78, 5) is 15.0. The highest BCUT2D eigenvalue weighted by molar-refractivity contribution is 7.80. The molecule has 1 aromatic rings. The average molecular weight is 304 g/mol. The van der Waals surface area contributed by atoms with Crippen LogP contribution in [0.5, 0.6) is 0 Å². The van der Waals surface area contributed by atoms with Crippen molar-refractivity contribution in [3.8, 4) is 0 Å². The molecule has 1 amide bonds. The number of hydrogen-bond donors (Lipinski definition) is 1. The topological polar surface area (TPSA) is 46.3 Å². The molecule has 0 radical (unpaired) electrons. The summed E-state index contributed by atoms with van der Waals surface area (Å²) in [6.45, 7) is 7.71. The quantitative estimate of drug-likeness (QED) is 0.874. The zero-order valence-corrected chi connectivity index (χ0v) is 13.9. The first-order chi connectivity index (χ1) is 9.82. The number of hydrogen-bond acceptors (Lipinski definition) is 2. The molecule has 4 heteroatoms. The molecule has 114 valence electrons. The first-order valence-electron chi connectivity index (χ1n) is 7.46. The predicted molar refractivity (Wildman–Crippen MR) is 90.3 cm³/mol. The Labute approximate surface area is 132 Å². The van der Waals surface area contributed by atoms with Crippen LogP contribution in [0, 0.1) is 19.3 Å². The molecule has 2 N–H and O–H groups in total. The van der Waals surface area contributed by atoms with Gasteiger partial charge in [-0.05, 0) is 37.8 Å². The molecule has 1 saturated heterocycles. The molecule has 0 unspecified atom stereocenters. The molecule has 1 heterocycles. The highest BCUT2D eigenvalue weighted by Crippen LogP contribution is 2.31. The lowest BCUT2D eigenvalue weighted by Crippen LogP contribution is -2.47. The Morgan fingerprint density at radius 1 is 1.33 bits per heavy atom. The van der Waals surface area contributed by atoms with E-state index in [2.05, 4.69) is 39.0 Å². The molecule has 0 aliphatic carbocycles. The number of likely N-dealkylation sites (tertiary alicyclic amines) is 1. The number of rotatable bonds is 3. The fourth-order valence-electron chi connectivity index (χ4n) is 2.76. The number of nitrogens with two attached hydrogens (primary N) is 1. The maximum absolute atomic E-state index is 12.5. The maximum Gasteiger partial charge on any atom is 0.227 e. The number of benzene rings is 1. The molecule has 0 atom stereocenters. The Kier molecular flexibility index (Phi) is 4.67. The molecular weight excluding hydrogens is 280 g/mol. The number of amides is 1. The summed E-state index contributed by atoms with van der Waals surface area (Å²) in [7, 11) is 0. The molecule has 0 aromatic heterocycles. The van der Waals surface area contributed by atoms with Crippen LogP contribution in [0.15, 0.2) is 18.2 Å². The van der Waals surface area contributed by atoms with Crippen molar-refractivity contribution in [1.29, 1.82) is 0 Å². The normalized spacial score (nSPS) is 17.6. The fraction of sp³-hybridized carbons (Fsp3) is 0.529. The Morgan fingerprint density at radius 3 is 2.52 bits per heavy atom. The van der Waals surface area contributed by atoms with Crippen LogP contribution in [0.25, 0.3) is 0 Å². The third-order valence-corrected chi connectivity index (χ3v) is 5.15. The number of nitrogens with zero attached hydrogens (tertiary/aromatic N) is 1. The molecular formula is C17H24N2OS. The number of piperidine rings is 1. The SMILES string of the molecule is Cc1ccc(C)c(CC(=O)N2CCC(C)(C(N)=S)CC2)c1. The van der Waals surface area contributed by atoms with Gasteiger partial charge in [0.25, 0.3) is 0 Å². The first kappa shape index (κ1) is 16.0. The zero-order valence-electron chi connectivity index (χ0n) is 13.1. The lowest BCUT2D eigenvalue weighted by atomic mass is 9.80. The van der Waals surface area contributed by atoms with Crippen molar-refractivity contribution in [1.82, 2.24) is 4.90 Å². The van der Waals surface area contributed by atoms with E-state index in [4.69, 9.17) is 18.0 Å². The monoisotopic (exact) mass is 304 g/mol. The van der Waals surface area contributed by atoms with Gasteiger partial charge < -0.3 is 10.6 Å². The van der Waals surface area contributed by atoms with Crippen LogP contribution in [0.4, 0.5) is 0 Å². The summed E-state index contributed by atoms with van der Waals surface area (Å²) in [5.74, 6) is 0.202. The van der Waals surface area contributed by atoms with E-state index in [0.717, 1.165) is 31.5 Å². The van der Waals surface area contributed by atoms with E-state index >= 15 is 0 Å². The number of carbonyl (C=O) groups is 1. The van der Waals surface area contributed by atoms with E-state index < -0.39 is 0 Å². The fourth-order valence-corrected chi connectivity index (χ4v) is 2.97. The van der Waals surface area contributed by atoms with Gasteiger partial charge >= 0.3 is 0 Å². The highest BCUT2D eigenvalue weighted by atomic mass is 32.1. The lowest BCUT2D eigenvalue weighted by Gasteiger charge is -2.38. The van der Waals surface area contributed by atoms with E-state index in [1.165, 1.54) is 11.1 Å². The summed E-state index contributed by atoms with van der Waals surface area (Å²) >= 11 is 5.14. The van der Waals surface area contributed by atoms with E-state index in [1.807, 2.05) is 4.90 Å². The molecule has 3 nitrogen and oxygen atoms in total. The second-order valence-corrected chi connectivity index (χ2v) is 6.85. The van der Waals surface area contributed by atoms with Crippen molar-refractivity contribution in [3.63, 3.8) is 0 Å². The third kappa shape index (κ3) is 3.62. The van der Waals surface area contributed by atoms with E-state index in [9.17, 15) is 4.79 Å².